The topological polar surface area (TPSA) is 75.4 Å². The Labute approximate surface area is 111 Å². The Morgan fingerprint density at radius 1 is 1.37 bits per heavy atom. The number of hydrogen-bond donors (Lipinski definition) is 2. The second kappa shape index (κ2) is 5.14. The number of amides is 1. The molecular formula is C14H16N2O3. The molecule has 19 heavy (non-hydrogen) atoms. The molecule has 100 valence electrons. The molecule has 0 fully saturated rings. The van der Waals surface area contributed by atoms with Crippen molar-refractivity contribution in [3.05, 3.63) is 46.3 Å². The second-order valence-electron chi connectivity index (χ2n) is 4.48. The number of carbonyl (C=O) groups excluding carboxylic acids is 1. The van der Waals surface area contributed by atoms with E-state index in [1.165, 1.54) is 6.07 Å². The van der Waals surface area contributed by atoms with Gasteiger partial charge in [0, 0.05) is 17.7 Å². The standard InChI is InChI=1S/C14H16N2O3/c1-8-6-11(17)4-5-12(8)14(18)15-7-13-9(2)16-19-10(13)3/h4-6,17H,7H2,1-3H3,(H,15,18). The Hall–Kier alpha value is -2.30. The third kappa shape index (κ3) is 2.76. The maximum atomic E-state index is 12.1. The summed E-state index contributed by atoms with van der Waals surface area (Å²) < 4.78 is 5.04. The molecule has 1 amide bonds. The highest BCUT2D eigenvalue weighted by molar-refractivity contribution is 5.95. The van der Waals surface area contributed by atoms with Gasteiger partial charge in [0.25, 0.3) is 5.91 Å². The third-order valence-electron chi connectivity index (χ3n) is 3.06. The van der Waals surface area contributed by atoms with Gasteiger partial charge in [0.15, 0.2) is 0 Å². The summed E-state index contributed by atoms with van der Waals surface area (Å²) >= 11 is 0. The molecule has 0 saturated carbocycles. The van der Waals surface area contributed by atoms with Gasteiger partial charge in [-0.05, 0) is 44.5 Å². The Bertz CT molecular complexity index is 598. The van der Waals surface area contributed by atoms with Crippen LogP contribution in [0.5, 0.6) is 5.75 Å². The molecule has 5 heteroatoms. The number of phenols is 1. The molecular weight excluding hydrogens is 244 g/mol. The van der Waals surface area contributed by atoms with Crippen LogP contribution in [0.3, 0.4) is 0 Å². The van der Waals surface area contributed by atoms with E-state index in [9.17, 15) is 9.90 Å². The number of benzene rings is 1. The van der Waals surface area contributed by atoms with Crippen LogP contribution in [0, 0.1) is 20.8 Å². The van der Waals surface area contributed by atoms with Gasteiger partial charge in [-0.1, -0.05) is 5.16 Å². The van der Waals surface area contributed by atoms with Crippen LogP contribution >= 0.6 is 0 Å². The summed E-state index contributed by atoms with van der Waals surface area (Å²) in [6.45, 7) is 5.81. The Kier molecular flexibility index (Phi) is 3.55. The molecule has 2 aromatic rings. The molecule has 2 rings (SSSR count). The first-order valence-corrected chi connectivity index (χ1v) is 5.98. The number of nitrogens with one attached hydrogen (secondary N) is 1. The van der Waals surface area contributed by atoms with Crippen molar-refractivity contribution >= 4 is 5.91 Å². The van der Waals surface area contributed by atoms with Gasteiger partial charge in [-0.2, -0.15) is 0 Å². The normalized spacial score (nSPS) is 10.5. The highest BCUT2D eigenvalue weighted by Crippen LogP contribution is 2.16. The largest absolute Gasteiger partial charge is 0.508 e. The summed E-state index contributed by atoms with van der Waals surface area (Å²) in [6.07, 6.45) is 0. The average Bonchev–Trinajstić information content (AvgIpc) is 2.66. The predicted molar refractivity (Wildman–Crippen MR) is 70.0 cm³/mol. The second-order valence-corrected chi connectivity index (χ2v) is 4.48. The van der Waals surface area contributed by atoms with E-state index in [-0.39, 0.29) is 11.7 Å². The minimum atomic E-state index is -0.183. The number of nitrogens with zero attached hydrogens (tertiary/aromatic N) is 1. The molecule has 2 N–H and O–H groups in total. The zero-order chi connectivity index (χ0) is 14.0. The van der Waals surface area contributed by atoms with E-state index >= 15 is 0 Å². The van der Waals surface area contributed by atoms with Gasteiger partial charge in [-0.25, -0.2) is 0 Å². The van der Waals surface area contributed by atoms with Gasteiger partial charge in [-0.15, -0.1) is 0 Å². The molecule has 1 aromatic carbocycles. The van der Waals surface area contributed by atoms with Gasteiger partial charge in [0.1, 0.15) is 11.5 Å². The summed E-state index contributed by atoms with van der Waals surface area (Å²) in [4.78, 5) is 12.1. The molecule has 5 nitrogen and oxygen atoms in total. The van der Waals surface area contributed by atoms with E-state index in [2.05, 4.69) is 10.5 Å². The van der Waals surface area contributed by atoms with E-state index in [4.69, 9.17) is 4.52 Å². The minimum Gasteiger partial charge on any atom is -0.508 e. The highest BCUT2D eigenvalue weighted by Gasteiger charge is 2.13. The van der Waals surface area contributed by atoms with Gasteiger partial charge in [0.05, 0.1) is 5.69 Å². The molecule has 1 heterocycles. The van der Waals surface area contributed by atoms with Gasteiger partial charge in [-0.3, -0.25) is 4.79 Å². The first kappa shape index (κ1) is 13.1. The van der Waals surface area contributed by atoms with Crippen LogP contribution in [0.1, 0.15) is 32.9 Å². The van der Waals surface area contributed by atoms with Crippen LogP contribution in [0.2, 0.25) is 0 Å². The maximum Gasteiger partial charge on any atom is 0.251 e. The molecule has 0 spiro atoms. The smallest absolute Gasteiger partial charge is 0.251 e. The van der Waals surface area contributed by atoms with Crippen LogP contribution in [0.15, 0.2) is 22.7 Å². The Morgan fingerprint density at radius 3 is 2.68 bits per heavy atom. The van der Waals surface area contributed by atoms with E-state index in [0.29, 0.717) is 17.9 Å². The maximum absolute atomic E-state index is 12.1. The van der Waals surface area contributed by atoms with E-state index in [0.717, 1.165) is 16.8 Å². The molecule has 1 aromatic heterocycles. The number of hydrogen-bond acceptors (Lipinski definition) is 4. The highest BCUT2D eigenvalue weighted by atomic mass is 16.5. The summed E-state index contributed by atoms with van der Waals surface area (Å²) in [5.74, 6) is 0.678. The third-order valence-corrected chi connectivity index (χ3v) is 3.06. The molecule has 0 radical (unpaired) electrons. The lowest BCUT2D eigenvalue weighted by Gasteiger charge is -2.07. The minimum absolute atomic E-state index is 0.153. The lowest BCUT2D eigenvalue weighted by molar-refractivity contribution is 0.0950. The van der Waals surface area contributed by atoms with Crippen molar-refractivity contribution in [1.29, 1.82) is 0 Å². The van der Waals surface area contributed by atoms with Crippen LogP contribution in [0.4, 0.5) is 0 Å². The number of phenolic OH excluding ortho intramolecular Hbond substituents is 1. The van der Waals surface area contributed by atoms with Crippen molar-refractivity contribution in [2.24, 2.45) is 0 Å². The lowest BCUT2D eigenvalue weighted by Crippen LogP contribution is -2.24. The van der Waals surface area contributed by atoms with E-state index in [1.54, 1.807) is 19.1 Å². The zero-order valence-electron chi connectivity index (χ0n) is 11.2. The SMILES string of the molecule is Cc1cc(O)ccc1C(=O)NCc1c(C)noc1C. The summed E-state index contributed by atoms with van der Waals surface area (Å²) in [5.41, 5.74) is 2.95. The Morgan fingerprint density at radius 2 is 2.11 bits per heavy atom. The first-order chi connectivity index (χ1) is 8.99. The predicted octanol–water partition coefficient (Wildman–Crippen LogP) is 2.24. The van der Waals surface area contributed by atoms with Crippen molar-refractivity contribution in [2.75, 3.05) is 0 Å². The van der Waals surface area contributed by atoms with Gasteiger partial charge in [0.2, 0.25) is 0 Å². The summed E-state index contributed by atoms with van der Waals surface area (Å²) in [7, 11) is 0. The number of aromatic nitrogens is 1. The van der Waals surface area contributed by atoms with Gasteiger partial charge >= 0.3 is 0 Å². The zero-order valence-corrected chi connectivity index (χ0v) is 11.2. The molecule has 0 unspecified atom stereocenters. The monoisotopic (exact) mass is 260 g/mol. The summed E-state index contributed by atoms with van der Waals surface area (Å²) in [5, 5.41) is 16.0. The van der Waals surface area contributed by atoms with Crippen molar-refractivity contribution in [2.45, 2.75) is 27.3 Å². The molecule has 0 aliphatic carbocycles. The van der Waals surface area contributed by atoms with Gasteiger partial charge < -0.3 is 14.9 Å². The number of aromatic hydroxyl groups is 1. The molecule has 0 aliphatic heterocycles. The first-order valence-electron chi connectivity index (χ1n) is 5.98. The lowest BCUT2D eigenvalue weighted by atomic mass is 10.1. The number of carbonyl (C=O) groups is 1. The van der Waals surface area contributed by atoms with Crippen molar-refractivity contribution in [3.63, 3.8) is 0 Å². The molecule has 0 bridgehead atoms. The van der Waals surface area contributed by atoms with E-state index in [1.807, 2.05) is 13.8 Å². The Balaban J connectivity index is 2.10. The van der Waals surface area contributed by atoms with Crippen molar-refractivity contribution < 1.29 is 14.4 Å². The summed E-state index contributed by atoms with van der Waals surface area (Å²) in [6, 6.07) is 4.66. The van der Waals surface area contributed by atoms with Crippen LogP contribution in [-0.4, -0.2) is 16.2 Å². The van der Waals surface area contributed by atoms with Crippen molar-refractivity contribution in [3.8, 4) is 5.75 Å². The average molecular weight is 260 g/mol. The molecule has 0 aliphatic rings. The quantitative estimate of drug-likeness (QED) is 0.887. The number of rotatable bonds is 3. The number of aryl methyl sites for hydroxylation is 3. The van der Waals surface area contributed by atoms with E-state index < -0.39 is 0 Å². The van der Waals surface area contributed by atoms with Crippen molar-refractivity contribution in [1.82, 2.24) is 10.5 Å². The fraction of sp³-hybridized carbons (Fsp3) is 0.286. The van der Waals surface area contributed by atoms with Crippen LogP contribution < -0.4 is 5.32 Å². The fourth-order valence-corrected chi connectivity index (χ4v) is 1.92. The van der Waals surface area contributed by atoms with Crippen LogP contribution in [0.25, 0.3) is 0 Å². The fourth-order valence-electron chi connectivity index (χ4n) is 1.92. The van der Waals surface area contributed by atoms with Crippen LogP contribution in [-0.2, 0) is 6.54 Å². The molecule has 0 atom stereocenters. The molecule has 0 saturated heterocycles.